The van der Waals surface area contributed by atoms with Gasteiger partial charge in [-0.05, 0) is 94.3 Å². The maximum atomic E-state index is 13.9. The Bertz CT molecular complexity index is 3030. The number of rotatable bonds is 36. The molecule has 3 heterocycles. The number of urea groups is 1. The summed E-state index contributed by atoms with van der Waals surface area (Å²) in [5.41, 5.74) is -0.00695. The zero-order chi connectivity index (χ0) is 66.0. The number of nitrogens with zero attached hydrogens (tertiary/aromatic N) is 3. The topological polar surface area (TPSA) is 285 Å². The zero-order valence-electron chi connectivity index (χ0n) is 53.8. The lowest BCUT2D eigenvalue weighted by molar-refractivity contribution is -0.277. The van der Waals surface area contributed by atoms with Crippen molar-refractivity contribution in [3.05, 3.63) is 140 Å². The van der Waals surface area contributed by atoms with Crippen LogP contribution in [-0.4, -0.2) is 159 Å². The van der Waals surface area contributed by atoms with Crippen LogP contribution in [0.25, 0.3) is 4.85 Å². The number of hydrogen-bond acceptors (Lipinski definition) is 19. The summed E-state index contributed by atoms with van der Waals surface area (Å²) in [4.78, 5) is 93.6. The summed E-state index contributed by atoms with van der Waals surface area (Å²) in [6.45, 7) is 21.3. The second-order valence-electron chi connectivity index (χ2n) is 22.7. The second-order valence-corrected chi connectivity index (χ2v) is 24.1. The van der Waals surface area contributed by atoms with Gasteiger partial charge in [0.05, 0.1) is 20.8 Å². The number of aromatic amines is 1. The molecule has 3 aromatic carbocycles. The van der Waals surface area contributed by atoms with Crippen molar-refractivity contribution in [1.29, 1.82) is 0 Å². The molecule has 2 aliphatic heterocycles. The van der Waals surface area contributed by atoms with Gasteiger partial charge in [0.1, 0.15) is 60.9 Å². The van der Waals surface area contributed by atoms with Gasteiger partial charge in [-0.25, -0.2) is 20.8 Å². The number of carbonyl (C=O) groups excluding carboxylic acids is 5. The summed E-state index contributed by atoms with van der Waals surface area (Å²) >= 11 is 0. The van der Waals surface area contributed by atoms with E-state index in [0.29, 0.717) is 56.7 Å². The molecule has 0 saturated carbocycles. The number of benzene rings is 3. The van der Waals surface area contributed by atoms with Crippen molar-refractivity contribution in [2.75, 3.05) is 60.3 Å². The van der Waals surface area contributed by atoms with Gasteiger partial charge in [-0.2, -0.15) is 0 Å². The van der Waals surface area contributed by atoms with E-state index in [9.17, 15) is 33.6 Å². The summed E-state index contributed by atoms with van der Waals surface area (Å²) in [5.74, 6) is -1.71. The van der Waals surface area contributed by atoms with E-state index in [2.05, 4.69) is 58.1 Å². The van der Waals surface area contributed by atoms with Gasteiger partial charge in [0.15, 0.2) is 18.5 Å². The Balaban J connectivity index is 1.13. The van der Waals surface area contributed by atoms with Crippen LogP contribution in [-0.2, 0) is 67.0 Å². The molecule has 0 radical (unpaired) electrons. The number of aromatic nitrogens is 2. The van der Waals surface area contributed by atoms with Gasteiger partial charge in [0.25, 0.3) is 14.1 Å². The SMILES string of the molecule is [C-]#[N+]CCOP(OC1[C@@H](COC(c2ccccc2)(c2ccc(OC)cc2)c2ccc(OC)cc2)O[C@@H](n2ccc(=O)[nH]c2=O)[C@H]1CCCCCCCNC(=O)NCCCCO[C@@H]1O[C@H](COC(C)=O)[C@H](OC(C)=O)[C@H](OC(C)=O)[C@H]1NC(C)=O)N(C(C)C)C(C)C. The van der Waals surface area contributed by atoms with Crippen LogP contribution >= 0.6 is 8.53 Å². The van der Waals surface area contributed by atoms with Crippen LogP contribution in [0.4, 0.5) is 4.79 Å². The van der Waals surface area contributed by atoms with E-state index < -0.39 is 104 Å². The number of methoxy groups -OCH3 is 2. The highest BCUT2D eigenvalue weighted by molar-refractivity contribution is 7.44. The number of carbonyl (C=O) groups is 5. The molecule has 25 nitrogen and oxygen atoms in total. The lowest BCUT2D eigenvalue weighted by atomic mass is 9.80. The van der Waals surface area contributed by atoms with E-state index in [1.165, 1.54) is 30.7 Å². The molecule has 0 aliphatic carbocycles. The molecule has 2 fully saturated rings. The molecule has 2 aliphatic rings. The first-order valence-corrected chi connectivity index (χ1v) is 32.0. The molecule has 1 aromatic heterocycles. The van der Waals surface area contributed by atoms with Crippen molar-refractivity contribution in [2.45, 2.75) is 174 Å². The monoisotopic (exact) mass is 1290 g/mol. The molecule has 26 heteroatoms. The van der Waals surface area contributed by atoms with E-state index in [1.54, 1.807) is 14.2 Å². The van der Waals surface area contributed by atoms with E-state index >= 15 is 0 Å². The largest absolute Gasteiger partial charge is 0.497 e. The molecule has 4 N–H and O–H groups in total. The highest BCUT2D eigenvalue weighted by Gasteiger charge is 2.53. The quantitative estimate of drug-likeness (QED) is 0.00842. The number of amides is 3. The molecule has 0 bridgehead atoms. The van der Waals surface area contributed by atoms with Crippen molar-refractivity contribution in [3.63, 3.8) is 0 Å². The molecule has 3 amide bonds. The molecule has 4 aromatic rings. The number of esters is 3. The van der Waals surface area contributed by atoms with Gasteiger partial charge in [-0.15, -0.1) is 0 Å². The molecule has 91 heavy (non-hydrogen) atoms. The zero-order valence-corrected chi connectivity index (χ0v) is 54.6. The minimum absolute atomic E-state index is 0.0284. The van der Waals surface area contributed by atoms with E-state index in [4.69, 9.17) is 58.3 Å². The maximum absolute atomic E-state index is 13.9. The fraction of sp³-hybridized carbons (Fsp3) is 0.569. The first-order valence-electron chi connectivity index (χ1n) is 30.9. The predicted octanol–water partition coefficient (Wildman–Crippen LogP) is 7.84. The van der Waals surface area contributed by atoms with Crippen LogP contribution in [0.3, 0.4) is 0 Å². The first-order chi connectivity index (χ1) is 43.7. The van der Waals surface area contributed by atoms with Gasteiger partial charge < -0.3 is 72.5 Å². The van der Waals surface area contributed by atoms with E-state index in [1.807, 2.05) is 78.9 Å². The first kappa shape index (κ1) is 72.8. The Labute approximate surface area is 533 Å². The number of H-pyrrole nitrogens is 1. The lowest BCUT2D eigenvalue weighted by Crippen LogP contribution is -2.66. The summed E-state index contributed by atoms with van der Waals surface area (Å²) < 4.78 is 71.4. The minimum atomic E-state index is -1.84. The fourth-order valence-electron chi connectivity index (χ4n) is 11.3. The number of ether oxygens (including phenoxy) is 9. The Kier molecular flexibility index (Phi) is 29.3. The van der Waals surface area contributed by atoms with Crippen LogP contribution in [0.1, 0.15) is 130 Å². The fourth-order valence-corrected chi connectivity index (χ4v) is 13.1. The van der Waals surface area contributed by atoms with Gasteiger partial charge in [-0.1, -0.05) is 80.3 Å². The van der Waals surface area contributed by atoms with Crippen LogP contribution in [0, 0.1) is 12.5 Å². The van der Waals surface area contributed by atoms with Gasteiger partial charge in [0, 0.05) is 77.7 Å². The average Bonchev–Trinajstić information content (AvgIpc) is 1.66. The number of hydrogen-bond donors (Lipinski definition) is 4. The van der Waals surface area contributed by atoms with Crippen molar-refractivity contribution in [1.82, 2.24) is 30.2 Å². The molecular weight excluding hydrogens is 1200 g/mol. The molecule has 2 saturated heterocycles. The van der Waals surface area contributed by atoms with Crippen LogP contribution in [0.2, 0.25) is 0 Å². The van der Waals surface area contributed by atoms with E-state index in [-0.39, 0.29) is 51.1 Å². The molecule has 6 rings (SSSR count). The van der Waals surface area contributed by atoms with Crippen molar-refractivity contribution >= 4 is 38.4 Å². The van der Waals surface area contributed by atoms with Crippen LogP contribution in [0.15, 0.2) is 101 Å². The highest BCUT2D eigenvalue weighted by Crippen LogP contribution is 2.53. The molecule has 10 atom stereocenters. The number of nitrogens with one attached hydrogen (secondary N) is 4. The van der Waals surface area contributed by atoms with Crippen molar-refractivity contribution in [2.24, 2.45) is 5.92 Å². The summed E-state index contributed by atoms with van der Waals surface area (Å²) in [6, 6.07) is 25.1. The second kappa shape index (κ2) is 36.7. The van der Waals surface area contributed by atoms with Gasteiger partial charge >= 0.3 is 29.6 Å². The standard InChI is InChI=1S/C65H90N7O18P/c1-42(2)72(43(3)4)91(85-39-36-66-9)90-58-53(24-18-13-12-14-19-34-67-63(78)68-35-20-21-38-82-62-57(69-44(5)73)60(87-47(8)76)59(86-46(7)75)54(89-62)40-83-45(6)74)61(71-37-33-56(77)70-64(71)79)88-55(58)41-84-65(48-22-16-15-17-23-48,49-25-29-51(80-10)30-26-49)50-27-31-52(81-11)32-28-50/h15-17,22-23,25-33,37,42-43,53-55,57-62H,12-14,18-21,24,34-36,38-41H2,1-8,10-11H3,(H,69,73)(H2,67,68,78)(H,70,77,79)/t53-,54+,55+,57+,58?,59-,60+,61+,62+,91?/m0/s1. The molecule has 0 spiro atoms. The summed E-state index contributed by atoms with van der Waals surface area (Å²) in [6.07, 6.45) is -0.517. The lowest BCUT2D eigenvalue weighted by Gasteiger charge is -2.44. The van der Waals surface area contributed by atoms with Gasteiger partial charge in [-0.3, -0.25) is 33.5 Å². The van der Waals surface area contributed by atoms with Gasteiger partial charge in [0.2, 0.25) is 12.5 Å². The Morgan fingerprint density at radius 1 is 0.692 bits per heavy atom. The Hall–Kier alpha value is -7.27. The van der Waals surface area contributed by atoms with E-state index in [0.717, 1.165) is 49.8 Å². The molecule has 2 unspecified atom stereocenters. The van der Waals surface area contributed by atoms with Crippen molar-refractivity contribution in [3.8, 4) is 11.5 Å². The Morgan fingerprint density at radius 2 is 1.26 bits per heavy atom. The summed E-state index contributed by atoms with van der Waals surface area (Å²) in [7, 11) is 1.39. The maximum Gasteiger partial charge on any atom is 0.330 e. The smallest absolute Gasteiger partial charge is 0.330 e. The third kappa shape index (κ3) is 21.1. The number of unbranched alkanes of at least 4 members (excludes halogenated alkanes) is 5. The average molecular weight is 1290 g/mol. The Morgan fingerprint density at radius 3 is 1.82 bits per heavy atom. The third-order valence-corrected chi connectivity index (χ3v) is 17.4. The highest BCUT2D eigenvalue weighted by atomic mass is 31.2. The van der Waals surface area contributed by atoms with Crippen LogP contribution in [0.5, 0.6) is 11.5 Å². The summed E-state index contributed by atoms with van der Waals surface area (Å²) in [5, 5.41) is 8.45. The predicted molar refractivity (Wildman–Crippen MR) is 337 cm³/mol. The molecular formula is C65H90N7O18P. The minimum Gasteiger partial charge on any atom is -0.497 e. The molecule has 498 valence electrons. The van der Waals surface area contributed by atoms with Crippen molar-refractivity contribution < 1.29 is 75.7 Å². The normalized spacial score (nSPS) is 20.9. The third-order valence-electron chi connectivity index (χ3n) is 15.3. The van der Waals surface area contributed by atoms with Crippen LogP contribution < -0.4 is 36.7 Å².